The van der Waals surface area contributed by atoms with Gasteiger partial charge < -0.3 is 0 Å². The molecule has 0 saturated carbocycles. The van der Waals surface area contributed by atoms with Gasteiger partial charge in [0, 0.05) is 0 Å². The minimum absolute atomic E-state index is 0.0881. The maximum Gasteiger partial charge on any atom is 0.129 e. The van der Waals surface area contributed by atoms with E-state index < -0.39 is 0 Å². The van der Waals surface area contributed by atoms with Gasteiger partial charge in [-0.2, -0.15) is 0 Å². The molecule has 0 unspecified atom stereocenters. The van der Waals surface area contributed by atoms with Crippen LogP contribution in [0.5, 0.6) is 0 Å². The van der Waals surface area contributed by atoms with Gasteiger partial charge in [-0.1, -0.05) is 31.7 Å². The van der Waals surface area contributed by atoms with Gasteiger partial charge in [0.25, 0.3) is 0 Å². The summed E-state index contributed by atoms with van der Waals surface area (Å²) < 4.78 is 13.4. The summed E-state index contributed by atoms with van der Waals surface area (Å²) in [6, 6.07) is 3.69. The molecule has 0 fully saturated rings. The second-order valence-corrected chi connectivity index (χ2v) is 2.82. The summed E-state index contributed by atoms with van der Waals surface area (Å²) >= 11 is 0. The van der Waals surface area contributed by atoms with Crippen molar-refractivity contribution >= 4 is 6.08 Å². The summed E-state index contributed by atoms with van der Waals surface area (Å²) in [6.07, 6.45) is 2.41. The highest BCUT2D eigenvalue weighted by Crippen LogP contribution is 2.18. The van der Waals surface area contributed by atoms with Gasteiger partial charge in [0.15, 0.2) is 0 Å². The average molecular weight is 164 g/mol. The smallest absolute Gasteiger partial charge is 0.129 e. The third kappa shape index (κ3) is 1.40. The highest BCUT2D eigenvalue weighted by molar-refractivity contribution is 5.53. The first-order chi connectivity index (χ1) is 5.70. The molecule has 0 bridgehead atoms. The summed E-state index contributed by atoms with van der Waals surface area (Å²) in [4.78, 5) is 0. The van der Waals surface area contributed by atoms with Crippen LogP contribution in [-0.4, -0.2) is 0 Å². The molecule has 0 saturated heterocycles. The fourth-order valence-corrected chi connectivity index (χ4v) is 1.30. The lowest BCUT2D eigenvalue weighted by atomic mass is 10.0. The number of aryl methyl sites for hydroxylation is 1. The fraction of sp³-hybridized carbons (Fsp3) is 0.273. The molecule has 0 radical (unpaired) electrons. The molecule has 1 aromatic carbocycles. The Hall–Kier alpha value is -1.11. The lowest BCUT2D eigenvalue weighted by Gasteiger charge is -2.06. The minimum atomic E-state index is -0.0881. The van der Waals surface area contributed by atoms with Crippen molar-refractivity contribution in [2.75, 3.05) is 0 Å². The van der Waals surface area contributed by atoms with Gasteiger partial charge in [-0.15, -0.1) is 0 Å². The van der Waals surface area contributed by atoms with Crippen molar-refractivity contribution in [3.05, 3.63) is 41.2 Å². The first-order valence-corrected chi connectivity index (χ1v) is 4.11. The number of rotatable bonds is 2. The summed E-state index contributed by atoms with van der Waals surface area (Å²) in [7, 11) is 0. The van der Waals surface area contributed by atoms with Crippen LogP contribution in [0.2, 0.25) is 0 Å². The SMILES string of the molecule is C=Cc1ccc(C)c(F)c1CC. The van der Waals surface area contributed by atoms with Gasteiger partial charge in [-0.3, -0.25) is 0 Å². The van der Waals surface area contributed by atoms with Crippen LogP contribution in [0.3, 0.4) is 0 Å². The van der Waals surface area contributed by atoms with Crippen LogP contribution in [-0.2, 0) is 6.42 Å². The van der Waals surface area contributed by atoms with Crippen LogP contribution in [0.15, 0.2) is 18.7 Å². The molecule has 0 aromatic heterocycles. The Balaban J connectivity index is 3.35. The molecule has 0 amide bonds. The molecular weight excluding hydrogens is 151 g/mol. The Morgan fingerprint density at radius 2 is 2.17 bits per heavy atom. The Bertz CT molecular complexity index is 300. The number of hydrogen-bond donors (Lipinski definition) is 0. The monoisotopic (exact) mass is 164 g/mol. The molecule has 1 rings (SSSR count). The third-order valence-electron chi connectivity index (χ3n) is 2.05. The molecule has 0 aliphatic heterocycles. The maximum atomic E-state index is 13.4. The quantitative estimate of drug-likeness (QED) is 0.629. The van der Waals surface area contributed by atoms with E-state index in [4.69, 9.17) is 0 Å². The van der Waals surface area contributed by atoms with Crippen LogP contribution in [0.25, 0.3) is 6.08 Å². The van der Waals surface area contributed by atoms with Crippen LogP contribution in [0.1, 0.15) is 23.6 Å². The van der Waals surface area contributed by atoms with Gasteiger partial charge in [-0.05, 0) is 30.0 Å². The summed E-state index contributed by atoms with van der Waals surface area (Å²) in [5, 5.41) is 0. The summed E-state index contributed by atoms with van der Waals surface area (Å²) in [5.41, 5.74) is 2.38. The Labute approximate surface area is 72.7 Å². The molecule has 0 nitrogen and oxygen atoms in total. The minimum Gasteiger partial charge on any atom is -0.206 e. The van der Waals surface area contributed by atoms with E-state index in [2.05, 4.69) is 6.58 Å². The number of halogens is 1. The fourth-order valence-electron chi connectivity index (χ4n) is 1.30. The zero-order valence-corrected chi connectivity index (χ0v) is 7.52. The molecule has 0 spiro atoms. The second kappa shape index (κ2) is 3.53. The van der Waals surface area contributed by atoms with Gasteiger partial charge >= 0.3 is 0 Å². The van der Waals surface area contributed by atoms with E-state index in [1.165, 1.54) is 0 Å². The largest absolute Gasteiger partial charge is 0.206 e. The van der Waals surface area contributed by atoms with Crippen molar-refractivity contribution in [3.8, 4) is 0 Å². The van der Waals surface area contributed by atoms with E-state index >= 15 is 0 Å². The molecule has 0 aliphatic carbocycles. The van der Waals surface area contributed by atoms with Gasteiger partial charge in [-0.25, -0.2) is 4.39 Å². The topological polar surface area (TPSA) is 0 Å². The molecule has 12 heavy (non-hydrogen) atoms. The van der Waals surface area contributed by atoms with Crippen molar-refractivity contribution in [1.82, 2.24) is 0 Å². The van der Waals surface area contributed by atoms with Crippen LogP contribution >= 0.6 is 0 Å². The Kier molecular flexibility index (Phi) is 2.64. The molecule has 0 heterocycles. The highest BCUT2D eigenvalue weighted by atomic mass is 19.1. The molecule has 0 N–H and O–H groups in total. The lowest BCUT2D eigenvalue weighted by molar-refractivity contribution is 0.602. The van der Waals surface area contributed by atoms with E-state index in [-0.39, 0.29) is 5.82 Å². The molecule has 1 aromatic rings. The van der Waals surface area contributed by atoms with Gasteiger partial charge in [0.1, 0.15) is 5.82 Å². The van der Waals surface area contributed by atoms with Crippen molar-refractivity contribution < 1.29 is 4.39 Å². The summed E-state index contributed by atoms with van der Waals surface area (Å²) in [6.45, 7) is 7.37. The predicted octanol–water partition coefficient (Wildman–Crippen LogP) is 3.34. The van der Waals surface area contributed by atoms with Crippen molar-refractivity contribution in [3.63, 3.8) is 0 Å². The van der Waals surface area contributed by atoms with E-state index in [0.29, 0.717) is 5.56 Å². The molecule has 0 aliphatic rings. The van der Waals surface area contributed by atoms with Crippen molar-refractivity contribution in [2.24, 2.45) is 0 Å². The molecule has 1 heteroatoms. The average Bonchev–Trinajstić information content (AvgIpc) is 2.09. The second-order valence-electron chi connectivity index (χ2n) is 2.82. The number of benzene rings is 1. The van der Waals surface area contributed by atoms with Crippen molar-refractivity contribution in [2.45, 2.75) is 20.3 Å². The highest BCUT2D eigenvalue weighted by Gasteiger charge is 2.06. The lowest BCUT2D eigenvalue weighted by Crippen LogP contribution is -1.94. The Morgan fingerprint density at radius 1 is 1.50 bits per heavy atom. The Morgan fingerprint density at radius 3 is 2.67 bits per heavy atom. The first kappa shape index (κ1) is 8.98. The van der Waals surface area contributed by atoms with Crippen molar-refractivity contribution in [1.29, 1.82) is 0 Å². The van der Waals surface area contributed by atoms with E-state index in [1.54, 1.807) is 19.1 Å². The molecule has 0 atom stereocenters. The predicted molar refractivity (Wildman–Crippen MR) is 50.6 cm³/mol. The maximum absolute atomic E-state index is 13.4. The normalized spacial score (nSPS) is 9.92. The molecular formula is C11H13F. The van der Waals surface area contributed by atoms with Crippen LogP contribution in [0.4, 0.5) is 4.39 Å². The summed E-state index contributed by atoms with van der Waals surface area (Å²) in [5.74, 6) is -0.0881. The zero-order valence-electron chi connectivity index (χ0n) is 7.52. The van der Waals surface area contributed by atoms with Gasteiger partial charge in [0.05, 0.1) is 0 Å². The van der Waals surface area contributed by atoms with E-state index in [0.717, 1.165) is 17.5 Å². The molecule has 64 valence electrons. The van der Waals surface area contributed by atoms with Gasteiger partial charge in [0.2, 0.25) is 0 Å². The number of hydrogen-bond acceptors (Lipinski definition) is 0. The van der Waals surface area contributed by atoms with E-state index in [9.17, 15) is 4.39 Å². The zero-order chi connectivity index (χ0) is 9.14. The third-order valence-corrected chi connectivity index (χ3v) is 2.05. The van der Waals surface area contributed by atoms with E-state index in [1.807, 2.05) is 13.0 Å². The first-order valence-electron chi connectivity index (χ1n) is 4.11. The standard InChI is InChI=1S/C11H13F/c1-4-9-7-6-8(3)11(12)10(9)5-2/h4,6-7H,1,5H2,2-3H3. The van der Waals surface area contributed by atoms with Crippen LogP contribution in [0, 0.1) is 12.7 Å². The van der Waals surface area contributed by atoms with Crippen LogP contribution < -0.4 is 0 Å².